The van der Waals surface area contributed by atoms with Crippen LogP contribution in [-0.4, -0.2) is 21.5 Å². The molecular weight excluding hydrogens is 260 g/mol. The van der Waals surface area contributed by atoms with Crippen molar-refractivity contribution < 1.29 is 0 Å². The van der Waals surface area contributed by atoms with Gasteiger partial charge in [0.2, 0.25) is 0 Å². The van der Waals surface area contributed by atoms with Crippen LogP contribution < -0.4 is 5.32 Å². The van der Waals surface area contributed by atoms with Crippen molar-refractivity contribution in [3.05, 3.63) is 53.6 Å². The molecule has 2 aromatic heterocycles. The zero-order chi connectivity index (χ0) is 15.2. The fraction of sp³-hybridized carbons (Fsp3) is 0.353. The van der Waals surface area contributed by atoms with Crippen LogP contribution in [0.3, 0.4) is 0 Å². The van der Waals surface area contributed by atoms with Crippen LogP contribution in [0.25, 0.3) is 11.4 Å². The van der Waals surface area contributed by atoms with Gasteiger partial charge in [0.1, 0.15) is 0 Å². The van der Waals surface area contributed by atoms with Gasteiger partial charge in [0.05, 0.1) is 0 Å². The summed E-state index contributed by atoms with van der Waals surface area (Å²) in [6.45, 7) is 9.22. The molecule has 0 aliphatic heterocycles. The summed E-state index contributed by atoms with van der Waals surface area (Å²) < 4.78 is 0. The first-order valence-corrected chi connectivity index (χ1v) is 7.18. The molecule has 0 aliphatic carbocycles. The van der Waals surface area contributed by atoms with Gasteiger partial charge in [-0.05, 0) is 39.8 Å². The van der Waals surface area contributed by atoms with Crippen molar-refractivity contribution >= 4 is 0 Å². The van der Waals surface area contributed by atoms with E-state index in [9.17, 15) is 0 Å². The van der Waals surface area contributed by atoms with E-state index in [2.05, 4.69) is 47.1 Å². The Morgan fingerprint density at radius 1 is 1.29 bits per heavy atom. The summed E-state index contributed by atoms with van der Waals surface area (Å²) in [6, 6.07) is 4.07. The Morgan fingerprint density at radius 2 is 2.00 bits per heavy atom. The lowest BCUT2D eigenvalue weighted by molar-refractivity contribution is 0.607. The number of rotatable bonds is 5. The lowest BCUT2D eigenvalue weighted by Crippen LogP contribution is -2.20. The summed E-state index contributed by atoms with van der Waals surface area (Å²) in [4.78, 5) is 13.1. The highest BCUT2D eigenvalue weighted by Gasteiger charge is 2.10. The molecular formula is C17H22N4. The molecule has 0 saturated carbocycles. The maximum atomic E-state index is 4.61. The molecule has 4 nitrogen and oxygen atoms in total. The fourth-order valence-electron chi connectivity index (χ4n) is 2.09. The third-order valence-corrected chi connectivity index (χ3v) is 3.36. The van der Waals surface area contributed by atoms with Crippen molar-refractivity contribution in [1.82, 2.24) is 20.3 Å². The molecule has 0 saturated heterocycles. The average Bonchev–Trinajstić information content (AvgIpc) is 2.47. The first-order chi connectivity index (χ1) is 10.1. The zero-order valence-electron chi connectivity index (χ0n) is 13.1. The second-order valence-electron chi connectivity index (χ2n) is 5.38. The molecule has 21 heavy (non-hydrogen) atoms. The maximum absolute atomic E-state index is 4.61. The van der Waals surface area contributed by atoms with E-state index < -0.39 is 0 Å². The lowest BCUT2D eigenvalue weighted by atomic mass is 10.1. The number of hydrogen-bond donors (Lipinski definition) is 1. The largest absolute Gasteiger partial charge is 0.307 e. The number of aromatic nitrogens is 3. The van der Waals surface area contributed by atoms with Crippen molar-refractivity contribution in [3.63, 3.8) is 0 Å². The van der Waals surface area contributed by atoms with Crippen LogP contribution in [0.15, 0.2) is 42.4 Å². The summed E-state index contributed by atoms with van der Waals surface area (Å²) in [5.74, 6) is 0.746. The molecule has 110 valence electrons. The highest BCUT2D eigenvalue weighted by molar-refractivity contribution is 5.53. The normalized spacial score (nSPS) is 12.0. The van der Waals surface area contributed by atoms with Crippen molar-refractivity contribution in [2.24, 2.45) is 0 Å². The highest BCUT2D eigenvalue weighted by atomic mass is 14.9. The highest BCUT2D eigenvalue weighted by Crippen LogP contribution is 2.19. The first kappa shape index (κ1) is 15.3. The van der Waals surface area contributed by atoms with Gasteiger partial charge in [0, 0.05) is 48.0 Å². The van der Waals surface area contributed by atoms with E-state index in [0.29, 0.717) is 0 Å². The Hall–Kier alpha value is -2.07. The van der Waals surface area contributed by atoms with E-state index in [1.165, 1.54) is 5.57 Å². The van der Waals surface area contributed by atoms with Gasteiger partial charge >= 0.3 is 0 Å². The van der Waals surface area contributed by atoms with Crippen molar-refractivity contribution in [3.8, 4) is 11.4 Å². The van der Waals surface area contributed by atoms with Gasteiger partial charge in [0.15, 0.2) is 5.82 Å². The molecule has 0 radical (unpaired) electrons. The summed E-state index contributed by atoms with van der Waals surface area (Å²) >= 11 is 0. The van der Waals surface area contributed by atoms with Gasteiger partial charge in [0.25, 0.3) is 0 Å². The zero-order valence-corrected chi connectivity index (χ0v) is 13.1. The monoisotopic (exact) mass is 282 g/mol. The smallest absolute Gasteiger partial charge is 0.159 e. The molecule has 0 aromatic carbocycles. The number of nitrogens with zero attached hydrogens (tertiary/aromatic N) is 3. The summed E-state index contributed by atoms with van der Waals surface area (Å²) in [5, 5.41) is 3.46. The standard InChI is InChI=1S/C17H22N4/c1-12(2)5-10-19-13(3)16-11-20-17(21-14(16)4)15-6-8-18-9-7-15/h5-9,11,13,19H,10H2,1-4H3. The van der Waals surface area contributed by atoms with E-state index >= 15 is 0 Å². The maximum Gasteiger partial charge on any atom is 0.159 e. The van der Waals surface area contributed by atoms with Crippen LogP contribution in [0, 0.1) is 6.92 Å². The Morgan fingerprint density at radius 3 is 2.62 bits per heavy atom. The van der Waals surface area contributed by atoms with Crippen LogP contribution in [0.2, 0.25) is 0 Å². The lowest BCUT2D eigenvalue weighted by Gasteiger charge is -2.15. The number of pyridine rings is 1. The summed E-state index contributed by atoms with van der Waals surface area (Å²) in [7, 11) is 0. The van der Waals surface area contributed by atoms with E-state index in [0.717, 1.165) is 29.2 Å². The van der Waals surface area contributed by atoms with Crippen LogP contribution in [0.5, 0.6) is 0 Å². The Kier molecular flexibility index (Phi) is 5.17. The molecule has 0 fully saturated rings. The molecule has 2 aromatic rings. The Bertz CT molecular complexity index is 616. The number of nitrogens with one attached hydrogen (secondary N) is 1. The minimum Gasteiger partial charge on any atom is -0.307 e. The molecule has 1 N–H and O–H groups in total. The Balaban J connectivity index is 2.14. The van der Waals surface area contributed by atoms with Gasteiger partial charge in [-0.3, -0.25) is 4.98 Å². The van der Waals surface area contributed by atoms with Crippen molar-refractivity contribution in [2.75, 3.05) is 6.54 Å². The van der Waals surface area contributed by atoms with Gasteiger partial charge in [-0.25, -0.2) is 9.97 Å². The fourth-order valence-corrected chi connectivity index (χ4v) is 2.09. The molecule has 4 heteroatoms. The number of allylic oxidation sites excluding steroid dienone is 1. The quantitative estimate of drug-likeness (QED) is 0.853. The predicted octanol–water partition coefficient (Wildman–Crippen LogP) is 3.46. The minimum absolute atomic E-state index is 0.229. The van der Waals surface area contributed by atoms with Crippen LogP contribution in [0.4, 0.5) is 0 Å². The van der Waals surface area contributed by atoms with Crippen LogP contribution in [-0.2, 0) is 0 Å². The number of aryl methyl sites for hydroxylation is 1. The van der Waals surface area contributed by atoms with E-state index in [1.807, 2.05) is 25.3 Å². The molecule has 1 atom stereocenters. The first-order valence-electron chi connectivity index (χ1n) is 7.18. The predicted molar refractivity (Wildman–Crippen MR) is 85.8 cm³/mol. The third-order valence-electron chi connectivity index (χ3n) is 3.36. The van der Waals surface area contributed by atoms with Crippen molar-refractivity contribution in [1.29, 1.82) is 0 Å². The van der Waals surface area contributed by atoms with Gasteiger partial charge in [-0.2, -0.15) is 0 Å². The van der Waals surface area contributed by atoms with Gasteiger partial charge in [-0.1, -0.05) is 11.6 Å². The Labute approximate surface area is 126 Å². The summed E-state index contributed by atoms with van der Waals surface area (Å²) in [6.07, 6.45) is 7.60. The summed E-state index contributed by atoms with van der Waals surface area (Å²) in [5.41, 5.74) is 4.45. The SMILES string of the molecule is CC(C)=CCNC(C)c1cnc(-c2ccncc2)nc1C. The molecule has 0 aliphatic rings. The molecule has 2 heterocycles. The van der Waals surface area contributed by atoms with E-state index in [4.69, 9.17) is 0 Å². The van der Waals surface area contributed by atoms with Crippen LogP contribution >= 0.6 is 0 Å². The van der Waals surface area contributed by atoms with Crippen molar-refractivity contribution in [2.45, 2.75) is 33.7 Å². The average molecular weight is 282 g/mol. The molecule has 0 spiro atoms. The van der Waals surface area contributed by atoms with E-state index in [1.54, 1.807) is 12.4 Å². The second kappa shape index (κ2) is 7.09. The third kappa shape index (κ3) is 4.20. The number of hydrogen-bond acceptors (Lipinski definition) is 4. The van der Waals surface area contributed by atoms with E-state index in [-0.39, 0.29) is 6.04 Å². The van der Waals surface area contributed by atoms with Gasteiger partial charge in [-0.15, -0.1) is 0 Å². The molecule has 0 amide bonds. The molecule has 1 unspecified atom stereocenters. The van der Waals surface area contributed by atoms with Gasteiger partial charge < -0.3 is 5.32 Å². The molecule has 2 rings (SSSR count). The minimum atomic E-state index is 0.229. The second-order valence-corrected chi connectivity index (χ2v) is 5.38. The van der Waals surface area contributed by atoms with Crippen LogP contribution in [0.1, 0.15) is 38.1 Å². The molecule has 0 bridgehead atoms. The topological polar surface area (TPSA) is 50.7 Å².